The van der Waals surface area contributed by atoms with Gasteiger partial charge < -0.3 is 10.1 Å². The van der Waals surface area contributed by atoms with E-state index in [-0.39, 0.29) is 11.9 Å². The third kappa shape index (κ3) is 4.10. The van der Waals surface area contributed by atoms with Gasteiger partial charge in [0, 0.05) is 12.6 Å². The van der Waals surface area contributed by atoms with Gasteiger partial charge in [0.05, 0.1) is 4.47 Å². The molecule has 16 heavy (non-hydrogen) atoms. The van der Waals surface area contributed by atoms with Gasteiger partial charge in [0.25, 0.3) is 0 Å². The molecular weight excluding hydrogens is 273 g/mol. The number of ether oxygens (including phenoxy) is 1. The number of halogens is 2. The highest BCUT2D eigenvalue weighted by Crippen LogP contribution is 2.22. The van der Waals surface area contributed by atoms with Crippen molar-refractivity contribution in [3.8, 4) is 5.75 Å². The predicted octanol–water partition coefficient (Wildman–Crippen LogP) is 3.36. The molecule has 90 valence electrons. The number of hydrogen-bond donors (Lipinski definition) is 1. The fourth-order valence-corrected chi connectivity index (χ4v) is 1.56. The van der Waals surface area contributed by atoms with Crippen LogP contribution in [0.1, 0.15) is 20.3 Å². The van der Waals surface area contributed by atoms with Crippen molar-refractivity contribution in [1.82, 2.24) is 5.32 Å². The summed E-state index contributed by atoms with van der Waals surface area (Å²) in [7, 11) is 0. The molecule has 1 N–H and O–H groups in total. The second kappa shape index (κ2) is 6.86. The van der Waals surface area contributed by atoms with Crippen molar-refractivity contribution in [3.05, 3.63) is 28.5 Å². The first kappa shape index (κ1) is 13.5. The van der Waals surface area contributed by atoms with E-state index in [0.717, 1.165) is 19.5 Å². The lowest BCUT2D eigenvalue weighted by atomic mass is 10.2. The highest BCUT2D eigenvalue weighted by Gasteiger charge is 2.08. The monoisotopic (exact) mass is 289 g/mol. The first-order valence-electron chi connectivity index (χ1n) is 5.49. The highest BCUT2D eigenvalue weighted by atomic mass is 79.9. The summed E-state index contributed by atoms with van der Waals surface area (Å²) in [4.78, 5) is 0. The fourth-order valence-electron chi connectivity index (χ4n) is 1.32. The van der Waals surface area contributed by atoms with Crippen LogP contribution >= 0.6 is 15.9 Å². The van der Waals surface area contributed by atoms with Gasteiger partial charge in [0.1, 0.15) is 17.7 Å². The van der Waals surface area contributed by atoms with Crippen molar-refractivity contribution >= 4 is 15.9 Å². The third-order valence-electron chi connectivity index (χ3n) is 2.27. The molecule has 1 atom stereocenters. The first-order chi connectivity index (χ1) is 7.67. The summed E-state index contributed by atoms with van der Waals surface area (Å²) in [5, 5.41) is 3.22. The minimum Gasteiger partial charge on any atom is -0.489 e. The summed E-state index contributed by atoms with van der Waals surface area (Å²) < 4.78 is 19.4. The van der Waals surface area contributed by atoms with Crippen LogP contribution in [0, 0.1) is 5.82 Å². The van der Waals surface area contributed by atoms with Crippen molar-refractivity contribution in [2.24, 2.45) is 0 Å². The van der Waals surface area contributed by atoms with E-state index in [9.17, 15) is 4.39 Å². The summed E-state index contributed by atoms with van der Waals surface area (Å²) in [6.07, 6.45) is 0.977. The standard InChI is InChI=1S/C12H17BrFNO/c1-3-9(8-15-4-2)16-10-5-6-11(13)12(14)7-10/h5-7,9,15H,3-4,8H2,1-2H3. The van der Waals surface area contributed by atoms with Gasteiger partial charge in [-0.2, -0.15) is 0 Å². The number of rotatable bonds is 6. The van der Waals surface area contributed by atoms with E-state index in [4.69, 9.17) is 4.74 Å². The van der Waals surface area contributed by atoms with Crippen molar-refractivity contribution < 1.29 is 9.13 Å². The van der Waals surface area contributed by atoms with Crippen LogP contribution in [-0.4, -0.2) is 19.2 Å². The molecule has 0 aliphatic rings. The third-order valence-corrected chi connectivity index (χ3v) is 2.91. The van der Waals surface area contributed by atoms with Crippen molar-refractivity contribution in [2.45, 2.75) is 26.4 Å². The van der Waals surface area contributed by atoms with E-state index < -0.39 is 0 Å². The molecule has 0 fully saturated rings. The molecule has 0 saturated carbocycles. The van der Waals surface area contributed by atoms with Gasteiger partial charge in [-0.05, 0) is 41.0 Å². The van der Waals surface area contributed by atoms with Crippen LogP contribution in [0.2, 0.25) is 0 Å². The minimum atomic E-state index is -0.296. The lowest BCUT2D eigenvalue weighted by Crippen LogP contribution is -2.30. The van der Waals surface area contributed by atoms with E-state index in [2.05, 4.69) is 28.2 Å². The van der Waals surface area contributed by atoms with E-state index in [1.165, 1.54) is 6.07 Å². The van der Waals surface area contributed by atoms with Crippen molar-refractivity contribution in [3.63, 3.8) is 0 Å². The van der Waals surface area contributed by atoms with E-state index in [0.29, 0.717) is 10.2 Å². The average molecular weight is 290 g/mol. The van der Waals surface area contributed by atoms with Crippen LogP contribution in [0.25, 0.3) is 0 Å². The van der Waals surface area contributed by atoms with E-state index >= 15 is 0 Å². The van der Waals surface area contributed by atoms with Gasteiger partial charge in [-0.15, -0.1) is 0 Å². The Hall–Kier alpha value is -0.610. The van der Waals surface area contributed by atoms with Gasteiger partial charge in [-0.3, -0.25) is 0 Å². The molecule has 1 aromatic rings. The van der Waals surface area contributed by atoms with Crippen LogP contribution in [0.15, 0.2) is 22.7 Å². The summed E-state index contributed by atoms with van der Waals surface area (Å²) >= 11 is 3.11. The van der Waals surface area contributed by atoms with Gasteiger partial charge in [-0.1, -0.05) is 13.8 Å². The molecule has 0 saturated heterocycles. The SMILES string of the molecule is CCNCC(CC)Oc1ccc(Br)c(F)c1. The van der Waals surface area contributed by atoms with Crippen LogP contribution in [0.3, 0.4) is 0 Å². The van der Waals surface area contributed by atoms with Crippen molar-refractivity contribution in [2.75, 3.05) is 13.1 Å². The zero-order valence-electron chi connectivity index (χ0n) is 9.59. The maximum atomic E-state index is 13.2. The van der Waals surface area contributed by atoms with Crippen LogP contribution < -0.4 is 10.1 Å². The van der Waals surface area contributed by atoms with Gasteiger partial charge in [0.15, 0.2) is 0 Å². The molecule has 0 spiro atoms. The number of hydrogen-bond acceptors (Lipinski definition) is 2. The second-order valence-electron chi connectivity index (χ2n) is 3.53. The summed E-state index contributed by atoms with van der Waals surface area (Å²) in [5.41, 5.74) is 0. The predicted molar refractivity (Wildman–Crippen MR) is 67.4 cm³/mol. The molecule has 0 radical (unpaired) electrons. The number of nitrogens with one attached hydrogen (secondary N) is 1. The number of benzene rings is 1. The molecule has 1 unspecified atom stereocenters. The maximum absolute atomic E-state index is 13.2. The highest BCUT2D eigenvalue weighted by molar-refractivity contribution is 9.10. The van der Waals surface area contributed by atoms with Crippen LogP contribution in [0.4, 0.5) is 4.39 Å². The zero-order valence-corrected chi connectivity index (χ0v) is 11.2. The molecule has 0 aromatic heterocycles. The molecule has 4 heteroatoms. The summed E-state index contributed by atoms with van der Waals surface area (Å²) in [6.45, 7) is 5.79. The summed E-state index contributed by atoms with van der Waals surface area (Å²) in [6, 6.07) is 4.82. The van der Waals surface area contributed by atoms with Crippen LogP contribution in [0.5, 0.6) is 5.75 Å². The van der Waals surface area contributed by atoms with Gasteiger partial charge in [0.2, 0.25) is 0 Å². The van der Waals surface area contributed by atoms with E-state index in [1.807, 2.05) is 6.92 Å². The Morgan fingerprint density at radius 1 is 1.44 bits per heavy atom. The Morgan fingerprint density at radius 3 is 2.75 bits per heavy atom. The Balaban J connectivity index is 2.59. The Morgan fingerprint density at radius 2 is 2.19 bits per heavy atom. The molecule has 0 aliphatic carbocycles. The molecule has 1 rings (SSSR count). The van der Waals surface area contributed by atoms with Gasteiger partial charge >= 0.3 is 0 Å². The molecule has 0 amide bonds. The number of likely N-dealkylation sites (N-methyl/N-ethyl adjacent to an activating group) is 1. The molecule has 1 aromatic carbocycles. The second-order valence-corrected chi connectivity index (χ2v) is 4.39. The maximum Gasteiger partial charge on any atom is 0.141 e. The fraction of sp³-hybridized carbons (Fsp3) is 0.500. The molecule has 2 nitrogen and oxygen atoms in total. The molecule has 0 aliphatic heterocycles. The molecule has 0 heterocycles. The van der Waals surface area contributed by atoms with Crippen LogP contribution in [-0.2, 0) is 0 Å². The minimum absolute atomic E-state index is 0.0838. The Kier molecular flexibility index (Phi) is 5.77. The molecular formula is C12H17BrFNO. The topological polar surface area (TPSA) is 21.3 Å². The quantitative estimate of drug-likeness (QED) is 0.867. The Labute approximate surface area is 104 Å². The lowest BCUT2D eigenvalue weighted by Gasteiger charge is -2.17. The first-order valence-corrected chi connectivity index (χ1v) is 6.29. The summed E-state index contributed by atoms with van der Waals surface area (Å²) in [5.74, 6) is 0.279. The smallest absolute Gasteiger partial charge is 0.141 e. The normalized spacial score (nSPS) is 12.5. The lowest BCUT2D eigenvalue weighted by molar-refractivity contribution is 0.193. The Bertz CT molecular complexity index is 333. The average Bonchev–Trinajstić information content (AvgIpc) is 2.29. The molecule has 0 bridgehead atoms. The zero-order chi connectivity index (χ0) is 12.0. The largest absolute Gasteiger partial charge is 0.489 e. The van der Waals surface area contributed by atoms with Crippen molar-refractivity contribution in [1.29, 1.82) is 0 Å². The van der Waals surface area contributed by atoms with E-state index in [1.54, 1.807) is 12.1 Å². The van der Waals surface area contributed by atoms with Gasteiger partial charge in [-0.25, -0.2) is 4.39 Å².